The Bertz CT molecular complexity index is 443. The van der Waals surface area contributed by atoms with E-state index in [1.54, 1.807) is 0 Å². The number of carbonyl (C=O) groups excluding carboxylic acids is 1. The number of hydrogen-bond acceptors (Lipinski definition) is 3. The van der Waals surface area contributed by atoms with Crippen molar-refractivity contribution in [3.05, 3.63) is 21.9 Å². The molecule has 0 radical (unpaired) electrons. The van der Waals surface area contributed by atoms with Crippen molar-refractivity contribution in [2.45, 2.75) is 0 Å². The normalized spacial score (nSPS) is 10.8. The summed E-state index contributed by atoms with van der Waals surface area (Å²) in [6.45, 7) is 0. The highest BCUT2D eigenvalue weighted by Crippen LogP contribution is 2.34. The van der Waals surface area contributed by atoms with Gasteiger partial charge in [0.1, 0.15) is 0 Å². The molecule has 2 rings (SSSR count). The SMILES string of the molecule is O=Cc1cc2sc(F)c(F)c2s1. The molecule has 2 aromatic heterocycles. The van der Waals surface area contributed by atoms with E-state index >= 15 is 0 Å². The van der Waals surface area contributed by atoms with Gasteiger partial charge in [0.2, 0.25) is 5.13 Å². The summed E-state index contributed by atoms with van der Waals surface area (Å²) in [6, 6.07) is 1.49. The number of halogens is 2. The Balaban J connectivity index is 2.79. The van der Waals surface area contributed by atoms with Gasteiger partial charge in [-0.15, -0.1) is 22.7 Å². The van der Waals surface area contributed by atoms with E-state index in [0.29, 0.717) is 15.9 Å². The molecule has 0 N–H and O–H groups in total. The molecule has 0 aliphatic carbocycles. The van der Waals surface area contributed by atoms with Crippen LogP contribution in [-0.2, 0) is 0 Å². The van der Waals surface area contributed by atoms with Gasteiger partial charge in [-0.1, -0.05) is 0 Å². The minimum absolute atomic E-state index is 0.236. The highest BCUT2D eigenvalue weighted by Gasteiger charge is 2.14. The monoisotopic (exact) mass is 204 g/mol. The highest BCUT2D eigenvalue weighted by atomic mass is 32.1. The van der Waals surface area contributed by atoms with Crippen molar-refractivity contribution in [1.29, 1.82) is 0 Å². The number of aldehydes is 1. The summed E-state index contributed by atoms with van der Waals surface area (Å²) in [4.78, 5) is 10.7. The van der Waals surface area contributed by atoms with Crippen molar-refractivity contribution in [1.82, 2.24) is 0 Å². The van der Waals surface area contributed by atoms with E-state index < -0.39 is 10.9 Å². The lowest BCUT2D eigenvalue weighted by molar-refractivity contribution is 0.112. The first-order valence-corrected chi connectivity index (χ1v) is 4.68. The molecule has 0 unspecified atom stereocenters. The van der Waals surface area contributed by atoms with Crippen LogP contribution in [0.5, 0.6) is 0 Å². The van der Waals surface area contributed by atoms with E-state index in [1.807, 2.05) is 0 Å². The maximum atomic E-state index is 12.8. The minimum atomic E-state index is -0.840. The highest BCUT2D eigenvalue weighted by molar-refractivity contribution is 7.27. The standard InChI is InChI=1S/C7H2F2OS2/c8-5-6-4(12-7(5)9)1-3(2-10)11-6/h1-2H. The van der Waals surface area contributed by atoms with Gasteiger partial charge in [-0.05, 0) is 6.07 Å². The maximum Gasteiger partial charge on any atom is 0.214 e. The molecule has 0 saturated carbocycles. The Morgan fingerprint density at radius 1 is 1.33 bits per heavy atom. The lowest BCUT2D eigenvalue weighted by Gasteiger charge is -1.77. The largest absolute Gasteiger partial charge is 0.297 e. The summed E-state index contributed by atoms with van der Waals surface area (Å²) >= 11 is 1.70. The van der Waals surface area contributed by atoms with E-state index in [4.69, 9.17) is 0 Å². The lowest BCUT2D eigenvalue weighted by atomic mass is 10.4. The number of carbonyl (C=O) groups is 1. The first-order valence-electron chi connectivity index (χ1n) is 3.05. The van der Waals surface area contributed by atoms with Crippen LogP contribution in [-0.4, -0.2) is 6.29 Å². The average molecular weight is 204 g/mol. The second-order valence-electron chi connectivity index (χ2n) is 2.15. The van der Waals surface area contributed by atoms with Crippen LogP contribution in [0.4, 0.5) is 8.78 Å². The first kappa shape index (κ1) is 7.82. The molecule has 0 bridgehead atoms. The molecule has 62 valence electrons. The van der Waals surface area contributed by atoms with Crippen molar-refractivity contribution in [2.75, 3.05) is 0 Å². The quantitative estimate of drug-likeness (QED) is 0.652. The third-order valence-electron chi connectivity index (χ3n) is 1.40. The summed E-state index contributed by atoms with van der Waals surface area (Å²) in [5.41, 5.74) is 0. The van der Waals surface area contributed by atoms with Gasteiger partial charge in [-0.3, -0.25) is 4.79 Å². The molecule has 0 fully saturated rings. The molecule has 5 heteroatoms. The van der Waals surface area contributed by atoms with E-state index in [9.17, 15) is 13.6 Å². The molecular weight excluding hydrogens is 202 g/mol. The first-order chi connectivity index (χ1) is 5.72. The Morgan fingerprint density at radius 2 is 2.08 bits per heavy atom. The fourth-order valence-electron chi connectivity index (χ4n) is 0.910. The number of thiophene rings is 2. The molecule has 2 aromatic rings. The zero-order valence-corrected chi connectivity index (χ0v) is 7.27. The molecule has 0 spiro atoms. The molecular formula is C7H2F2OS2. The topological polar surface area (TPSA) is 17.1 Å². The van der Waals surface area contributed by atoms with Gasteiger partial charge in [0.25, 0.3) is 0 Å². The van der Waals surface area contributed by atoms with Crippen LogP contribution >= 0.6 is 22.7 Å². The second kappa shape index (κ2) is 2.60. The summed E-state index contributed by atoms with van der Waals surface area (Å²) in [7, 11) is 0. The van der Waals surface area contributed by atoms with Gasteiger partial charge in [0.15, 0.2) is 12.1 Å². The van der Waals surface area contributed by atoms with Gasteiger partial charge in [0, 0.05) is 0 Å². The molecule has 0 aliphatic rings. The molecule has 1 nitrogen and oxygen atoms in total. The van der Waals surface area contributed by atoms with Gasteiger partial charge >= 0.3 is 0 Å². The zero-order chi connectivity index (χ0) is 8.72. The van der Waals surface area contributed by atoms with Gasteiger partial charge in [0.05, 0.1) is 14.3 Å². The van der Waals surface area contributed by atoms with Crippen LogP contribution in [0.3, 0.4) is 0 Å². The van der Waals surface area contributed by atoms with E-state index in [-0.39, 0.29) is 4.70 Å². The van der Waals surface area contributed by atoms with Gasteiger partial charge in [-0.25, -0.2) is 4.39 Å². The van der Waals surface area contributed by atoms with E-state index in [1.165, 1.54) is 6.07 Å². The third-order valence-corrected chi connectivity index (χ3v) is 3.49. The summed E-state index contributed by atoms with van der Waals surface area (Å²) in [5, 5.41) is -0.811. The van der Waals surface area contributed by atoms with Crippen LogP contribution in [0.2, 0.25) is 0 Å². The Kier molecular flexibility index (Phi) is 1.69. The molecule has 0 atom stereocenters. The third kappa shape index (κ3) is 0.971. The average Bonchev–Trinajstić information content (AvgIpc) is 2.55. The summed E-state index contributed by atoms with van der Waals surface area (Å²) < 4.78 is 26.1. The molecule has 0 amide bonds. The van der Waals surface area contributed by atoms with Crippen molar-refractivity contribution in [3.63, 3.8) is 0 Å². The van der Waals surface area contributed by atoms with E-state index in [0.717, 1.165) is 22.7 Å². The summed E-state index contributed by atoms with van der Waals surface area (Å²) in [5.74, 6) is -0.840. The van der Waals surface area contributed by atoms with Crippen LogP contribution < -0.4 is 0 Å². The number of fused-ring (bicyclic) bond motifs is 1. The number of rotatable bonds is 1. The lowest BCUT2D eigenvalue weighted by Crippen LogP contribution is -1.68. The second-order valence-corrected chi connectivity index (χ2v) is 4.24. The van der Waals surface area contributed by atoms with Crippen molar-refractivity contribution in [2.24, 2.45) is 0 Å². The van der Waals surface area contributed by atoms with Crippen LogP contribution in [0.1, 0.15) is 9.67 Å². The Morgan fingerprint density at radius 3 is 2.67 bits per heavy atom. The molecule has 0 aromatic carbocycles. The fraction of sp³-hybridized carbons (Fsp3) is 0. The van der Waals surface area contributed by atoms with Crippen molar-refractivity contribution in [3.8, 4) is 0 Å². The number of hydrogen-bond donors (Lipinski definition) is 0. The summed E-state index contributed by atoms with van der Waals surface area (Å²) in [6.07, 6.45) is 0.634. The zero-order valence-electron chi connectivity index (χ0n) is 5.64. The van der Waals surface area contributed by atoms with Crippen LogP contribution in [0.15, 0.2) is 6.07 Å². The minimum Gasteiger partial charge on any atom is -0.297 e. The van der Waals surface area contributed by atoms with Crippen LogP contribution in [0, 0.1) is 10.9 Å². The molecule has 0 saturated heterocycles. The predicted molar refractivity (Wildman–Crippen MR) is 45.0 cm³/mol. The van der Waals surface area contributed by atoms with Gasteiger partial charge in [-0.2, -0.15) is 4.39 Å². The van der Waals surface area contributed by atoms with Crippen LogP contribution in [0.25, 0.3) is 9.40 Å². The molecule has 2 heterocycles. The maximum absolute atomic E-state index is 12.8. The Labute approximate surface area is 74.3 Å². The van der Waals surface area contributed by atoms with Crippen molar-refractivity contribution < 1.29 is 13.6 Å². The Hall–Kier alpha value is -0.810. The van der Waals surface area contributed by atoms with E-state index in [2.05, 4.69) is 0 Å². The predicted octanol–water partition coefficient (Wildman–Crippen LogP) is 3.05. The van der Waals surface area contributed by atoms with Gasteiger partial charge < -0.3 is 0 Å². The van der Waals surface area contributed by atoms with Crippen molar-refractivity contribution >= 4 is 38.4 Å². The smallest absolute Gasteiger partial charge is 0.214 e. The molecule has 0 aliphatic heterocycles. The fourth-order valence-corrected chi connectivity index (χ4v) is 2.85. The molecule has 12 heavy (non-hydrogen) atoms.